The van der Waals surface area contributed by atoms with E-state index in [1.165, 1.54) is 169 Å². The molecule has 0 unspecified atom stereocenters. The van der Waals surface area contributed by atoms with Crippen molar-refractivity contribution in [1.29, 1.82) is 0 Å². The summed E-state index contributed by atoms with van der Waals surface area (Å²) in [5.41, 5.74) is 14.7. The minimum atomic E-state index is 0.250. The van der Waals surface area contributed by atoms with E-state index in [1.54, 1.807) is 0 Å². The standard InChI is InChI=1S/2C17H25N3.2C16H23N3.4CO2/c1-4-13-11-19-17-15(9-10-18-17)16(13)20(3)14-7-5-12(2)6-8-14;1-4-13-11-19-17-15(8-9-18-17)16(13)20(3)14-7-5-6-12(2)10-14;2*1-3-12-10-18-16-14(7-8-17-16)15(12)19-13-6-4-5-11(2)9-13;4*2-1-3/h9-12,14H,4-8H2,1-3H3,(H,18,19);8-9,11-12,14H,4-7,10H2,1-3H3,(H,18,19);2*7-8,10-11,13H,3-6,9H2,1-2H3,(H2,17,18,19);;;;/t;12-,14-;11-,13+;11-,13-;;;;/m.010..../s1. The van der Waals surface area contributed by atoms with Gasteiger partial charge in [0.05, 0.1) is 22.7 Å². The van der Waals surface area contributed by atoms with E-state index in [0.717, 1.165) is 71.9 Å². The molecule has 8 aromatic heterocycles. The number of rotatable bonds is 12. The summed E-state index contributed by atoms with van der Waals surface area (Å²) in [4.78, 5) is 101. The van der Waals surface area contributed by atoms with Crippen LogP contribution in [0, 0.1) is 23.7 Å². The van der Waals surface area contributed by atoms with Crippen LogP contribution in [0.2, 0.25) is 0 Å². The second-order valence-corrected chi connectivity index (χ2v) is 24.6. The van der Waals surface area contributed by atoms with Crippen LogP contribution in [0.1, 0.15) is 180 Å². The summed E-state index contributed by atoms with van der Waals surface area (Å²) in [5.74, 6) is 3.44. The number of carbonyl (C=O) groups excluding carboxylic acids is 8. The number of fused-ring (bicyclic) bond motifs is 4. The molecule has 0 aromatic carbocycles. The number of aromatic amines is 4. The molecule has 6 atom stereocenters. The lowest BCUT2D eigenvalue weighted by Crippen LogP contribution is -2.36. The first-order chi connectivity index (χ1) is 43.6. The molecule has 8 heterocycles. The van der Waals surface area contributed by atoms with Gasteiger partial charge in [-0.15, -0.1) is 0 Å². The topological polar surface area (TPSA) is 282 Å². The van der Waals surface area contributed by atoms with E-state index < -0.39 is 0 Å². The van der Waals surface area contributed by atoms with Gasteiger partial charge in [0, 0.05) is 109 Å². The molecule has 6 N–H and O–H groups in total. The van der Waals surface area contributed by atoms with Gasteiger partial charge in [0.2, 0.25) is 0 Å². The third-order valence-electron chi connectivity index (χ3n) is 18.4. The Balaban J connectivity index is 0.000000206. The lowest BCUT2D eigenvalue weighted by atomic mass is 9.86. The first kappa shape index (κ1) is 72.2. The summed E-state index contributed by atoms with van der Waals surface area (Å²) in [6, 6.07) is 11.2. The number of pyridine rings is 4. The zero-order chi connectivity index (χ0) is 65.5. The normalized spacial score (nSPS) is 20.6. The van der Waals surface area contributed by atoms with Crippen LogP contribution in [-0.4, -0.2) is 103 Å². The molecule has 0 aliphatic heterocycles. The van der Waals surface area contributed by atoms with Gasteiger partial charge in [-0.05, 0) is 160 Å². The number of hydrogen-bond donors (Lipinski definition) is 6. The minimum absolute atomic E-state index is 0.250. The highest BCUT2D eigenvalue weighted by atomic mass is 16.2. The van der Waals surface area contributed by atoms with Gasteiger partial charge in [-0.3, -0.25) is 0 Å². The highest BCUT2D eigenvalue weighted by molar-refractivity contribution is 5.94. The Bertz CT molecular complexity index is 3410. The molecule has 0 bridgehead atoms. The lowest BCUT2D eigenvalue weighted by molar-refractivity contribution is -0.193. The van der Waals surface area contributed by atoms with Crippen molar-refractivity contribution in [1.82, 2.24) is 39.9 Å². The first-order valence-corrected chi connectivity index (χ1v) is 32.4. The molecular formula is C70H96N12O8. The van der Waals surface area contributed by atoms with Crippen molar-refractivity contribution in [2.24, 2.45) is 23.7 Å². The van der Waals surface area contributed by atoms with Gasteiger partial charge in [-0.25, -0.2) is 19.9 Å². The average Bonchev–Trinajstić information content (AvgIpc) is 2.00. The number of aromatic nitrogens is 8. The molecule has 0 spiro atoms. The Morgan fingerprint density at radius 2 is 0.711 bits per heavy atom. The molecule has 0 amide bonds. The van der Waals surface area contributed by atoms with Gasteiger partial charge in [-0.2, -0.15) is 38.4 Å². The molecule has 8 aromatic rings. The molecule has 0 radical (unpaired) electrons. The van der Waals surface area contributed by atoms with Crippen LogP contribution in [0.25, 0.3) is 44.1 Å². The predicted molar refractivity (Wildman–Crippen MR) is 352 cm³/mol. The minimum Gasteiger partial charge on any atom is -0.381 e. The lowest BCUT2D eigenvalue weighted by Gasteiger charge is -2.36. The fraction of sp³-hybridized carbons (Fsp3) is 0.543. The summed E-state index contributed by atoms with van der Waals surface area (Å²) in [5, 5.41) is 12.6. The molecule has 484 valence electrons. The summed E-state index contributed by atoms with van der Waals surface area (Å²) in [6.45, 7) is 18.3. The Kier molecular flexibility index (Phi) is 30.6. The highest BCUT2D eigenvalue weighted by Gasteiger charge is 2.28. The van der Waals surface area contributed by atoms with Crippen LogP contribution in [0.5, 0.6) is 0 Å². The number of anilines is 4. The number of H-pyrrole nitrogens is 4. The molecule has 20 nitrogen and oxygen atoms in total. The van der Waals surface area contributed by atoms with E-state index in [9.17, 15) is 0 Å². The number of nitrogens with zero attached hydrogens (tertiary/aromatic N) is 6. The van der Waals surface area contributed by atoms with E-state index in [-0.39, 0.29) is 24.6 Å². The third kappa shape index (κ3) is 20.3. The van der Waals surface area contributed by atoms with Crippen molar-refractivity contribution in [3.8, 4) is 0 Å². The fourth-order valence-corrected chi connectivity index (χ4v) is 13.7. The van der Waals surface area contributed by atoms with Crippen molar-refractivity contribution in [2.75, 3.05) is 34.5 Å². The second-order valence-electron chi connectivity index (χ2n) is 24.6. The number of nitrogens with one attached hydrogen (secondary N) is 6. The fourth-order valence-electron chi connectivity index (χ4n) is 13.7. The van der Waals surface area contributed by atoms with Gasteiger partial charge in [-0.1, -0.05) is 93.9 Å². The second kappa shape index (κ2) is 38.1. The van der Waals surface area contributed by atoms with Crippen molar-refractivity contribution in [2.45, 2.75) is 208 Å². The van der Waals surface area contributed by atoms with Crippen LogP contribution in [0.4, 0.5) is 22.7 Å². The Morgan fingerprint density at radius 3 is 1.06 bits per heavy atom. The average molecular weight is 1230 g/mol. The van der Waals surface area contributed by atoms with Gasteiger partial charge < -0.3 is 40.4 Å². The van der Waals surface area contributed by atoms with Crippen LogP contribution in [-0.2, 0) is 64.0 Å². The zero-order valence-electron chi connectivity index (χ0n) is 54.6. The third-order valence-corrected chi connectivity index (χ3v) is 18.4. The molecule has 4 aliphatic rings. The molecule has 4 fully saturated rings. The number of aryl methyl sites for hydroxylation is 4. The molecular weight excluding hydrogens is 1140 g/mol. The summed E-state index contributed by atoms with van der Waals surface area (Å²) in [7, 11) is 4.53. The monoisotopic (exact) mass is 1230 g/mol. The summed E-state index contributed by atoms with van der Waals surface area (Å²) in [6.07, 6.45) is 42.5. The smallest absolute Gasteiger partial charge is 0.373 e. The molecule has 20 heteroatoms. The van der Waals surface area contributed by atoms with Crippen LogP contribution in [0.15, 0.2) is 73.8 Å². The van der Waals surface area contributed by atoms with Crippen molar-refractivity contribution < 1.29 is 38.4 Å². The van der Waals surface area contributed by atoms with Crippen molar-refractivity contribution >= 4 is 91.5 Å². The first-order valence-electron chi connectivity index (χ1n) is 32.4. The maximum Gasteiger partial charge on any atom is 0.373 e. The highest BCUT2D eigenvalue weighted by Crippen LogP contribution is 2.38. The van der Waals surface area contributed by atoms with E-state index in [1.807, 2.05) is 49.6 Å². The zero-order valence-corrected chi connectivity index (χ0v) is 54.6. The van der Waals surface area contributed by atoms with E-state index in [0.29, 0.717) is 24.2 Å². The maximum atomic E-state index is 8.12. The van der Waals surface area contributed by atoms with E-state index in [2.05, 4.69) is 154 Å². The van der Waals surface area contributed by atoms with Crippen molar-refractivity contribution in [3.63, 3.8) is 0 Å². The Labute approximate surface area is 529 Å². The molecule has 4 saturated carbocycles. The SMILES string of the molecule is CCc1cnc2[nH]ccc2c1N(C)C1CCC(C)CC1.CCc1cnc2[nH]ccc2c1N(C)[C@H]1CCC[C@H](C)C1.CCc1cnc2[nH]ccc2c1N[C@H]1CCC[C@@H](C)C1.CCc1cnc2[nH]ccc2c1N[C@H]1CCC[C@H](C)C1.O=C=O.O=C=O.O=C=O.O=C=O. The van der Waals surface area contributed by atoms with Gasteiger partial charge >= 0.3 is 24.6 Å². The maximum absolute atomic E-state index is 8.12. The van der Waals surface area contributed by atoms with Gasteiger partial charge in [0.25, 0.3) is 0 Å². The van der Waals surface area contributed by atoms with Crippen LogP contribution in [0.3, 0.4) is 0 Å². The molecule has 0 saturated heterocycles. The van der Waals surface area contributed by atoms with Crippen LogP contribution >= 0.6 is 0 Å². The Hall–Kier alpha value is -8.52. The van der Waals surface area contributed by atoms with Gasteiger partial charge in [0.15, 0.2) is 0 Å². The molecule has 4 aliphatic carbocycles. The number of hydrogen-bond acceptors (Lipinski definition) is 16. The molecule has 90 heavy (non-hydrogen) atoms. The quantitative estimate of drug-likeness (QED) is 0.0663. The molecule has 12 rings (SSSR count). The van der Waals surface area contributed by atoms with E-state index in [4.69, 9.17) is 38.4 Å². The Morgan fingerprint density at radius 1 is 0.400 bits per heavy atom. The van der Waals surface area contributed by atoms with Crippen LogP contribution < -0.4 is 20.4 Å². The largest absolute Gasteiger partial charge is 0.381 e. The van der Waals surface area contributed by atoms with E-state index >= 15 is 0 Å². The van der Waals surface area contributed by atoms with Gasteiger partial charge in [0.1, 0.15) is 22.6 Å². The predicted octanol–water partition coefficient (Wildman–Crippen LogP) is 14.2. The van der Waals surface area contributed by atoms with Crippen molar-refractivity contribution in [3.05, 3.63) is 96.1 Å². The summed E-state index contributed by atoms with van der Waals surface area (Å²) >= 11 is 0. The summed E-state index contributed by atoms with van der Waals surface area (Å²) < 4.78 is 0.